The van der Waals surface area contributed by atoms with Crippen LogP contribution in [-0.4, -0.2) is 16.1 Å². The Morgan fingerprint density at radius 1 is 1.40 bits per heavy atom. The maximum atomic E-state index is 10.8. The van der Waals surface area contributed by atoms with E-state index in [1.165, 1.54) is 6.07 Å². The maximum Gasteiger partial charge on any atom is 0.354 e. The Morgan fingerprint density at radius 2 is 2.13 bits per heavy atom. The molecule has 4 heteroatoms. The van der Waals surface area contributed by atoms with Gasteiger partial charge in [-0.1, -0.05) is 28.1 Å². The van der Waals surface area contributed by atoms with Crippen LogP contribution in [-0.2, 0) is 0 Å². The fraction of sp³-hybridized carbons (Fsp3) is 0.0909. The van der Waals surface area contributed by atoms with E-state index in [0.29, 0.717) is 5.52 Å². The molecule has 0 radical (unpaired) electrons. The summed E-state index contributed by atoms with van der Waals surface area (Å²) < 4.78 is 0.755. The van der Waals surface area contributed by atoms with Gasteiger partial charge in [-0.3, -0.25) is 0 Å². The Bertz CT molecular complexity index is 552. The zero-order chi connectivity index (χ0) is 11.0. The van der Waals surface area contributed by atoms with Gasteiger partial charge in [0.25, 0.3) is 0 Å². The van der Waals surface area contributed by atoms with E-state index in [-0.39, 0.29) is 5.69 Å². The molecule has 1 N–H and O–H groups in total. The molecule has 0 saturated carbocycles. The number of nitrogens with zero attached hydrogens (tertiary/aromatic N) is 1. The van der Waals surface area contributed by atoms with Crippen LogP contribution >= 0.6 is 15.9 Å². The quantitative estimate of drug-likeness (QED) is 0.863. The van der Waals surface area contributed by atoms with Crippen molar-refractivity contribution in [1.82, 2.24) is 4.98 Å². The van der Waals surface area contributed by atoms with E-state index in [2.05, 4.69) is 20.9 Å². The lowest BCUT2D eigenvalue weighted by molar-refractivity contribution is 0.0691. The summed E-state index contributed by atoms with van der Waals surface area (Å²) in [7, 11) is 0. The van der Waals surface area contributed by atoms with E-state index in [1.807, 2.05) is 25.1 Å². The van der Waals surface area contributed by atoms with Crippen LogP contribution in [0.25, 0.3) is 10.9 Å². The van der Waals surface area contributed by atoms with Gasteiger partial charge in [-0.2, -0.15) is 0 Å². The van der Waals surface area contributed by atoms with Crippen LogP contribution in [0.15, 0.2) is 28.7 Å². The summed E-state index contributed by atoms with van der Waals surface area (Å²) >= 11 is 3.34. The lowest BCUT2D eigenvalue weighted by Crippen LogP contribution is -2.00. The van der Waals surface area contributed by atoms with Crippen molar-refractivity contribution >= 4 is 32.8 Å². The number of aromatic carboxylic acids is 1. The number of fused-ring (bicyclic) bond motifs is 1. The van der Waals surface area contributed by atoms with Crippen LogP contribution in [0.4, 0.5) is 0 Å². The Labute approximate surface area is 94.9 Å². The van der Waals surface area contributed by atoms with Crippen molar-refractivity contribution in [3.05, 3.63) is 40.0 Å². The van der Waals surface area contributed by atoms with Crippen molar-refractivity contribution in [1.29, 1.82) is 0 Å². The number of carbonyl (C=O) groups is 1. The topological polar surface area (TPSA) is 50.2 Å². The molecule has 0 saturated heterocycles. The van der Waals surface area contributed by atoms with Crippen LogP contribution in [0.2, 0.25) is 0 Å². The SMILES string of the molecule is Cc1ccc2c(Br)cc(C(=O)O)nc2c1. The predicted molar refractivity (Wildman–Crippen MR) is 61.1 cm³/mol. The normalized spacial score (nSPS) is 10.5. The number of hydrogen-bond acceptors (Lipinski definition) is 2. The molecule has 76 valence electrons. The molecule has 0 aliphatic rings. The van der Waals surface area contributed by atoms with Crippen molar-refractivity contribution in [2.24, 2.45) is 0 Å². The fourth-order valence-corrected chi connectivity index (χ4v) is 1.96. The smallest absolute Gasteiger partial charge is 0.354 e. The van der Waals surface area contributed by atoms with Crippen molar-refractivity contribution in [2.45, 2.75) is 6.92 Å². The number of carboxylic acids is 1. The number of benzene rings is 1. The zero-order valence-electron chi connectivity index (χ0n) is 7.99. The molecule has 1 aromatic heterocycles. The highest BCUT2D eigenvalue weighted by atomic mass is 79.9. The molecule has 0 amide bonds. The fourth-order valence-electron chi connectivity index (χ4n) is 1.41. The summed E-state index contributed by atoms with van der Waals surface area (Å²) in [6.07, 6.45) is 0. The van der Waals surface area contributed by atoms with Gasteiger partial charge in [0.05, 0.1) is 5.52 Å². The van der Waals surface area contributed by atoms with E-state index in [1.54, 1.807) is 0 Å². The van der Waals surface area contributed by atoms with Gasteiger partial charge >= 0.3 is 5.97 Å². The van der Waals surface area contributed by atoms with Gasteiger partial charge in [0.2, 0.25) is 0 Å². The Hall–Kier alpha value is -1.42. The molecule has 2 rings (SSSR count). The largest absolute Gasteiger partial charge is 0.477 e. The predicted octanol–water partition coefficient (Wildman–Crippen LogP) is 3.00. The summed E-state index contributed by atoms with van der Waals surface area (Å²) in [6, 6.07) is 7.27. The van der Waals surface area contributed by atoms with E-state index < -0.39 is 5.97 Å². The van der Waals surface area contributed by atoms with Crippen molar-refractivity contribution in [2.75, 3.05) is 0 Å². The summed E-state index contributed by atoms with van der Waals surface area (Å²) in [6.45, 7) is 1.95. The molecular weight excluding hydrogens is 258 g/mol. The monoisotopic (exact) mass is 265 g/mol. The van der Waals surface area contributed by atoms with Crippen molar-refractivity contribution in [3.63, 3.8) is 0 Å². The molecule has 0 unspecified atom stereocenters. The summed E-state index contributed by atoms with van der Waals surface area (Å²) in [5, 5.41) is 9.78. The second-order valence-corrected chi connectivity index (χ2v) is 4.17. The minimum absolute atomic E-state index is 0.0555. The first-order valence-corrected chi connectivity index (χ1v) is 5.17. The molecule has 0 bridgehead atoms. The first kappa shape index (κ1) is 10.1. The zero-order valence-corrected chi connectivity index (χ0v) is 9.58. The molecule has 1 aromatic carbocycles. The average Bonchev–Trinajstić information content (AvgIpc) is 2.16. The molecule has 0 aliphatic carbocycles. The number of pyridine rings is 1. The van der Waals surface area contributed by atoms with E-state index in [0.717, 1.165) is 15.4 Å². The third-order valence-electron chi connectivity index (χ3n) is 2.13. The Morgan fingerprint density at radius 3 is 2.80 bits per heavy atom. The third-order valence-corrected chi connectivity index (χ3v) is 2.79. The molecular formula is C11H8BrNO2. The second-order valence-electron chi connectivity index (χ2n) is 3.32. The van der Waals surface area contributed by atoms with Gasteiger partial charge in [-0.05, 0) is 24.6 Å². The molecule has 0 aliphatic heterocycles. The molecule has 0 atom stereocenters. The molecule has 15 heavy (non-hydrogen) atoms. The number of aryl methyl sites for hydroxylation is 1. The number of rotatable bonds is 1. The lowest BCUT2D eigenvalue weighted by Gasteiger charge is -2.03. The van der Waals surface area contributed by atoms with Crippen molar-refractivity contribution < 1.29 is 9.90 Å². The third kappa shape index (κ3) is 1.85. The first-order chi connectivity index (χ1) is 7.08. The maximum absolute atomic E-state index is 10.8. The van der Waals surface area contributed by atoms with Crippen LogP contribution in [0.5, 0.6) is 0 Å². The highest BCUT2D eigenvalue weighted by molar-refractivity contribution is 9.10. The van der Waals surface area contributed by atoms with E-state index >= 15 is 0 Å². The van der Waals surface area contributed by atoms with Gasteiger partial charge < -0.3 is 5.11 Å². The summed E-state index contributed by atoms with van der Waals surface area (Å²) in [5.41, 5.74) is 1.81. The Balaban J connectivity index is 2.79. The molecule has 0 spiro atoms. The van der Waals surface area contributed by atoms with Gasteiger partial charge in [0.1, 0.15) is 5.69 Å². The average molecular weight is 266 g/mol. The van der Waals surface area contributed by atoms with Crippen LogP contribution in [0.1, 0.15) is 16.1 Å². The minimum atomic E-state index is -1.01. The lowest BCUT2D eigenvalue weighted by atomic mass is 10.1. The molecule has 2 aromatic rings. The summed E-state index contributed by atoms with van der Waals surface area (Å²) in [4.78, 5) is 14.9. The number of hydrogen-bond donors (Lipinski definition) is 1. The van der Waals surface area contributed by atoms with Gasteiger partial charge in [-0.25, -0.2) is 9.78 Å². The van der Waals surface area contributed by atoms with Gasteiger partial charge in [-0.15, -0.1) is 0 Å². The number of carboxylic acid groups (broad SMARTS) is 1. The molecule has 1 heterocycles. The highest BCUT2D eigenvalue weighted by Gasteiger charge is 2.09. The number of aromatic nitrogens is 1. The van der Waals surface area contributed by atoms with Crippen LogP contribution in [0.3, 0.4) is 0 Å². The number of halogens is 1. The van der Waals surface area contributed by atoms with Crippen LogP contribution in [0, 0.1) is 6.92 Å². The minimum Gasteiger partial charge on any atom is -0.477 e. The second kappa shape index (κ2) is 3.62. The molecule has 3 nitrogen and oxygen atoms in total. The van der Waals surface area contributed by atoms with E-state index in [4.69, 9.17) is 5.11 Å². The van der Waals surface area contributed by atoms with E-state index in [9.17, 15) is 4.79 Å². The van der Waals surface area contributed by atoms with Crippen LogP contribution < -0.4 is 0 Å². The molecule has 0 fully saturated rings. The standard InChI is InChI=1S/C11H8BrNO2/c1-6-2-3-7-8(12)5-10(11(14)15)13-9(7)4-6/h2-5H,1H3,(H,14,15). The summed E-state index contributed by atoms with van der Waals surface area (Å²) in [5.74, 6) is -1.01. The Kier molecular flexibility index (Phi) is 2.44. The first-order valence-electron chi connectivity index (χ1n) is 4.38. The van der Waals surface area contributed by atoms with Crippen molar-refractivity contribution in [3.8, 4) is 0 Å². The van der Waals surface area contributed by atoms with Gasteiger partial charge in [0.15, 0.2) is 0 Å². The highest BCUT2D eigenvalue weighted by Crippen LogP contribution is 2.24. The van der Waals surface area contributed by atoms with Gasteiger partial charge in [0, 0.05) is 9.86 Å².